The lowest BCUT2D eigenvalue weighted by atomic mass is 13.3. The zero-order chi connectivity index (χ0) is 2.99. The second kappa shape index (κ2) is 0.180. The molecule has 1 heterocycles. The van der Waals surface area contributed by atoms with Crippen LogP contribution in [-0.2, 0) is 9.98 Å². The average molecular weight is 62.0 g/mol. The van der Waals surface area contributed by atoms with Gasteiger partial charge in [-0.1, -0.05) is 0 Å². The highest BCUT2D eigenvalue weighted by molar-refractivity contribution is 3.61. The van der Waals surface area contributed by atoms with E-state index >= 15 is 0 Å². The second-order valence-corrected chi connectivity index (χ2v) is 0.373. The second-order valence-electron chi connectivity index (χ2n) is 0.373. The molecule has 0 N–H and O–H groups in total. The van der Waals surface area contributed by atoms with Crippen LogP contribution >= 0.6 is 0 Å². The van der Waals surface area contributed by atoms with Gasteiger partial charge < -0.3 is 0 Å². The summed E-state index contributed by atoms with van der Waals surface area (Å²) in [5.74, 6) is 0. The quantitative estimate of drug-likeness (QED) is 0.282. The first kappa shape index (κ1) is 1.51. The summed E-state index contributed by atoms with van der Waals surface area (Å²) >= 11 is 0. The van der Waals surface area contributed by atoms with E-state index in [1.165, 1.54) is 0 Å². The molecule has 0 bridgehead atoms. The Balaban J connectivity index is 2.60. The molecule has 0 aliphatic carbocycles. The van der Waals surface area contributed by atoms with Crippen molar-refractivity contribution in [2.75, 3.05) is 0 Å². The molecule has 1 saturated heterocycles. The molecule has 0 aromatic rings. The lowest BCUT2D eigenvalue weighted by molar-refractivity contribution is -0.608. The molecule has 22 valence electrons. The van der Waals surface area contributed by atoms with Gasteiger partial charge in [0.15, 0.2) is 0 Å². The van der Waals surface area contributed by atoms with E-state index in [4.69, 9.17) is 4.91 Å². The smallest absolute Gasteiger partial charge is 0.141 e. The van der Waals surface area contributed by atoms with Crippen LogP contribution in [0.25, 0.3) is 0 Å². The lowest BCUT2D eigenvalue weighted by Gasteiger charge is -0.891. The number of rotatable bonds is 0. The summed E-state index contributed by atoms with van der Waals surface area (Å²) in [7, 11) is 0. The van der Waals surface area contributed by atoms with Crippen LogP contribution in [0.3, 0.4) is 0 Å². The van der Waals surface area contributed by atoms with E-state index in [1.54, 1.807) is 0 Å². The summed E-state index contributed by atoms with van der Waals surface area (Å²) in [6.45, 7) is 0. The van der Waals surface area contributed by atoms with E-state index in [1.807, 2.05) is 0 Å². The van der Waals surface area contributed by atoms with Crippen LogP contribution < -0.4 is 0 Å². The van der Waals surface area contributed by atoms with Crippen LogP contribution in [0.15, 0.2) is 0 Å². The molecule has 4 nitrogen and oxygen atoms in total. The Morgan fingerprint density at radius 1 is 1.50 bits per heavy atom. The number of hydrogen-bond donors (Lipinski definition) is 0. The molecule has 0 atom stereocenters. The van der Waals surface area contributed by atoms with Crippen molar-refractivity contribution in [3.05, 3.63) is 4.91 Å². The van der Waals surface area contributed by atoms with Gasteiger partial charge in [0, 0.05) is 0 Å². The van der Waals surface area contributed by atoms with E-state index in [0.717, 1.165) is 0 Å². The minimum Gasteiger partial charge on any atom is 0.141 e. The van der Waals surface area contributed by atoms with Crippen LogP contribution in [-0.4, -0.2) is 5.09 Å². The Kier molecular flexibility index (Phi) is 0.0679. The van der Waals surface area contributed by atoms with Crippen molar-refractivity contribution in [3.8, 4) is 0 Å². The van der Waals surface area contributed by atoms with Crippen molar-refractivity contribution in [3.63, 3.8) is 0 Å². The minimum absolute atomic E-state index is 0. The van der Waals surface area contributed by atoms with Gasteiger partial charge in [0.1, 0.15) is 14.9 Å². The molecule has 1 fully saturated rings. The fourth-order valence-electron chi connectivity index (χ4n) is 0.0136. The lowest BCUT2D eigenvalue weighted by Crippen LogP contribution is -1.49. The molecule has 1 aliphatic rings. The number of hydrogen-bond acceptors (Lipinski definition) is 3. The van der Waals surface area contributed by atoms with Crippen molar-refractivity contribution in [2.45, 2.75) is 0 Å². The standard InChI is InChI=1S/NO3/c2-1-3-4-1/q+1. The average Bonchev–Trinajstić information content (AvgIpc) is 1.75. The van der Waals surface area contributed by atoms with E-state index in [2.05, 4.69) is 9.98 Å². The van der Waals surface area contributed by atoms with Crippen LogP contribution in [0, 0.1) is 4.91 Å². The van der Waals surface area contributed by atoms with Crippen molar-refractivity contribution < 1.29 is 15.1 Å². The molecule has 0 aromatic carbocycles. The summed E-state index contributed by atoms with van der Waals surface area (Å²) in [5, 5.41) is 0. The normalized spacial score (nSPS) is 17.5. The van der Waals surface area contributed by atoms with Gasteiger partial charge in [-0.05, 0) is 0 Å². The molecule has 0 saturated carbocycles. The summed E-state index contributed by atoms with van der Waals surface area (Å²) in [6.07, 6.45) is 0. The highest BCUT2D eigenvalue weighted by atomic mass is 17.6. The molecule has 0 spiro atoms. The first-order valence-electron chi connectivity index (χ1n) is 0.714. The molecule has 0 radical (unpaired) electrons. The Morgan fingerprint density at radius 3 is 1.75 bits per heavy atom. The molecule has 1 rings (SSSR count). The van der Waals surface area contributed by atoms with Crippen LogP contribution in [0.5, 0.6) is 0 Å². The molecule has 0 amide bonds. The Morgan fingerprint density at radius 2 is 1.75 bits per heavy atom. The van der Waals surface area contributed by atoms with E-state index in [0.29, 0.717) is 0 Å². The van der Waals surface area contributed by atoms with Crippen molar-refractivity contribution in [2.24, 2.45) is 0 Å². The molecule has 4 heteroatoms. The highest BCUT2D eigenvalue weighted by Gasteiger charge is 2.39. The third-order valence-electron chi connectivity index (χ3n) is 0.135. The SMILES string of the molecule is O=[N+]1OO1. The highest BCUT2D eigenvalue weighted by Crippen LogP contribution is 1.93. The van der Waals surface area contributed by atoms with Crippen molar-refractivity contribution in [1.29, 1.82) is 0 Å². The maximum absolute atomic E-state index is 9.03. The van der Waals surface area contributed by atoms with Gasteiger partial charge in [-0.2, -0.15) is 0 Å². The minimum atomic E-state index is 0. The summed E-state index contributed by atoms with van der Waals surface area (Å²) in [6, 6.07) is 0. The fourth-order valence-corrected chi connectivity index (χ4v) is 0.0136. The van der Waals surface area contributed by atoms with Gasteiger partial charge >= 0.3 is 5.09 Å². The van der Waals surface area contributed by atoms with Gasteiger partial charge in [0.2, 0.25) is 0 Å². The summed E-state index contributed by atoms with van der Waals surface area (Å²) < 4.78 is 0. The van der Waals surface area contributed by atoms with Gasteiger partial charge in [-0.15, -0.1) is 0 Å². The fraction of sp³-hybridized carbons (Fsp3) is 0. The van der Waals surface area contributed by atoms with Gasteiger partial charge in [0.25, 0.3) is 0 Å². The largest absolute Gasteiger partial charge is 0.576 e. The zero-order valence-corrected chi connectivity index (χ0v) is 1.67. The molecule has 0 aromatic heterocycles. The van der Waals surface area contributed by atoms with Crippen LogP contribution in [0.2, 0.25) is 0 Å². The van der Waals surface area contributed by atoms with E-state index < -0.39 is 0 Å². The molecular formula is NO3+. The first-order chi connectivity index (χ1) is 1.89. The van der Waals surface area contributed by atoms with E-state index in [-0.39, 0.29) is 5.09 Å². The van der Waals surface area contributed by atoms with Gasteiger partial charge in [-0.25, -0.2) is 0 Å². The first-order valence-corrected chi connectivity index (χ1v) is 0.714. The van der Waals surface area contributed by atoms with Crippen LogP contribution in [0.1, 0.15) is 0 Å². The van der Waals surface area contributed by atoms with Crippen molar-refractivity contribution in [1.82, 2.24) is 0 Å². The van der Waals surface area contributed by atoms with Gasteiger partial charge in [0.05, 0.1) is 0 Å². The molecule has 4 heavy (non-hydrogen) atoms. The predicted molar refractivity (Wildman–Crippen MR) is 5.80 cm³/mol. The number of nitrogens with zero attached hydrogens (tertiary/aromatic N) is 1. The maximum Gasteiger partial charge on any atom is 0.576 e. The topological polar surface area (TPSA) is 45.1 Å². The van der Waals surface area contributed by atoms with E-state index in [9.17, 15) is 0 Å². The zero-order valence-electron chi connectivity index (χ0n) is 1.67. The summed E-state index contributed by atoms with van der Waals surface area (Å²) in [4.78, 5) is 16.0. The van der Waals surface area contributed by atoms with Crippen molar-refractivity contribution >= 4 is 0 Å². The van der Waals surface area contributed by atoms with Crippen LogP contribution in [0.4, 0.5) is 0 Å². The maximum atomic E-state index is 9.03. The molecular weight excluding hydrogens is 62.0 g/mol. The Bertz CT molecular complexity index is 41.2. The predicted octanol–water partition coefficient (Wildman–Crippen LogP) is -0.443. The monoisotopic (exact) mass is 62.0 g/mol. The Hall–Kier alpha value is -0.800. The molecule has 1 aliphatic heterocycles. The molecule has 0 unspecified atom stereocenters. The summed E-state index contributed by atoms with van der Waals surface area (Å²) in [5.41, 5.74) is 0. The Labute approximate surface area is 21.3 Å². The third kappa shape index (κ3) is 0.00992. The van der Waals surface area contributed by atoms with Gasteiger partial charge in [-0.3, -0.25) is 0 Å². The third-order valence-corrected chi connectivity index (χ3v) is 0.135.